The standard InChI is InChI=1S/C19H16BrN3O4/c1-26-14-5-7-15(8-6-14)27-19-16(3-2-10-21-19)22-17(24)12-23-11-13(20)4-9-18(23)25/h2-11H,12H2,1H3,(H,22,24). The fraction of sp³-hybridized carbons (Fsp3) is 0.105. The van der Waals surface area contributed by atoms with Gasteiger partial charge in [-0.05, 0) is 58.4 Å². The molecule has 0 unspecified atom stereocenters. The largest absolute Gasteiger partial charge is 0.497 e. The number of nitrogens with zero attached hydrogens (tertiary/aromatic N) is 2. The maximum atomic E-state index is 12.3. The zero-order chi connectivity index (χ0) is 19.2. The molecule has 0 aliphatic heterocycles. The lowest BCUT2D eigenvalue weighted by molar-refractivity contribution is -0.116. The van der Waals surface area contributed by atoms with Crippen molar-refractivity contribution in [2.75, 3.05) is 12.4 Å². The van der Waals surface area contributed by atoms with Crippen LogP contribution < -0.4 is 20.3 Å². The molecule has 1 aromatic carbocycles. The van der Waals surface area contributed by atoms with E-state index in [4.69, 9.17) is 9.47 Å². The molecule has 0 atom stereocenters. The Kier molecular flexibility index (Phi) is 5.87. The highest BCUT2D eigenvalue weighted by molar-refractivity contribution is 9.10. The van der Waals surface area contributed by atoms with Crippen LogP contribution in [0.5, 0.6) is 17.4 Å². The normalized spacial score (nSPS) is 10.3. The summed E-state index contributed by atoms with van der Waals surface area (Å²) in [5, 5.41) is 2.72. The van der Waals surface area contributed by atoms with Crippen LogP contribution in [0.25, 0.3) is 0 Å². The molecule has 138 valence electrons. The Hall–Kier alpha value is -3.13. The van der Waals surface area contributed by atoms with Gasteiger partial charge in [0.2, 0.25) is 11.8 Å². The van der Waals surface area contributed by atoms with Crippen LogP contribution in [0.1, 0.15) is 0 Å². The van der Waals surface area contributed by atoms with Crippen LogP contribution in [0.15, 0.2) is 70.2 Å². The van der Waals surface area contributed by atoms with Crippen LogP contribution in [0, 0.1) is 0 Å². The number of carbonyl (C=O) groups is 1. The van der Waals surface area contributed by atoms with Gasteiger partial charge in [-0.1, -0.05) is 0 Å². The summed E-state index contributed by atoms with van der Waals surface area (Å²) in [4.78, 5) is 28.3. The topological polar surface area (TPSA) is 82.4 Å². The highest BCUT2D eigenvalue weighted by Crippen LogP contribution is 2.28. The summed E-state index contributed by atoms with van der Waals surface area (Å²) in [7, 11) is 1.58. The van der Waals surface area contributed by atoms with Gasteiger partial charge in [0.05, 0.1) is 7.11 Å². The van der Waals surface area contributed by atoms with Crippen molar-refractivity contribution in [1.82, 2.24) is 9.55 Å². The van der Waals surface area contributed by atoms with Crippen LogP contribution in [0.3, 0.4) is 0 Å². The molecular formula is C19H16BrN3O4. The minimum absolute atomic E-state index is 0.130. The van der Waals surface area contributed by atoms with E-state index in [1.165, 1.54) is 10.6 Å². The van der Waals surface area contributed by atoms with Crippen LogP contribution in [-0.2, 0) is 11.3 Å². The molecule has 0 radical (unpaired) electrons. The number of carbonyl (C=O) groups excluding carboxylic acids is 1. The number of halogens is 1. The molecule has 7 nitrogen and oxygen atoms in total. The van der Waals surface area contributed by atoms with Crippen LogP contribution in [0.2, 0.25) is 0 Å². The average Bonchev–Trinajstić information content (AvgIpc) is 2.67. The van der Waals surface area contributed by atoms with Gasteiger partial charge < -0.3 is 19.4 Å². The van der Waals surface area contributed by atoms with Gasteiger partial charge in [-0.15, -0.1) is 0 Å². The van der Waals surface area contributed by atoms with E-state index in [-0.39, 0.29) is 23.9 Å². The summed E-state index contributed by atoms with van der Waals surface area (Å²) in [6.45, 7) is -0.130. The molecule has 0 saturated carbocycles. The first kappa shape index (κ1) is 18.7. The van der Waals surface area contributed by atoms with Crippen molar-refractivity contribution in [3.8, 4) is 17.4 Å². The smallest absolute Gasteiger partial charge is 0.251 e. The number of amides is 1. The summed E-state index contributed by atoms with van der Waals surface area (Å²) in [5.41, 5.74) is 0.135. The maximum absolute atomic E-state index is 12.3. The molecule has 0 fully saturated rings. The zero-order valence-electron chi connectivity index (χ0n) is 14.4. The molecule has 3 rings (SSSR count). The number of hydrogen-bond donors (Lipinski definition) is 1. The van der Waals surface area contributed by atoms with Gasteiger partial charge in [0.25, 0.3) is 5.56 Å². The monoisotopic (exact) mass is 429 g/mol. The Bertz CT molecular complexity index is 1000. The number of hydrogen-bond acceptors (Lipinski definition) is 5. The Morgan fingerprint density at radius 3 is 2.63 bits per heavy atom. The van der Waals surface area contributed by atoms with E-state index >= 15 is 0 Å². The van der Waals surface area contributed by atoms with Gasteiger partial charge in [-0.2, -0.15) is 0 Å². The molecular weight excluding hydrogens is 414 g/mol. The van der Waals surface area contributed by atoms with Crippen molar-refractivity contribution in [1.29, 1.82) is 0 Å². The van der Waals surface area contributed by atoms with Crippen molar-refractivity contribution >= 4 is 27.5 Å². The fourth-order valence-electron chi connectivity index (χ4n) is 2.29. The Morgan fingerprint density at radius 2 is 1.89 bits per heavy atom. The molecule has 0 saturated heterocycles. The molecule has 27 heavy (non-hydrogen) atoms. The van der Waals surface area contributed by atoms with Crippen molar-refractivity contribution in [3.05, 3.63) is 75.8 Å². The van der Waals surface area contributed by atoms with Gasteiger partial charge in [-0.25, -0.2) is 4.98 Å². The second-order valence-corrected chi connectivity index (χ2v) is 6.41. The van der Waals surface area contributed by atoms with Crippen LogP contribution >= 0.6 is 15.9 Å². The van der Waals surface area contributed by atoms with Gasteiger partial charge in [0.15, 0.2) is 0 Å². The van der Waals surface area contributed by atoms with Crippen molar-refractivity contribution in [2.24, 2.45) is 0 Å². The molecule has 8 heteroatoms. The summed E-state index contributed by atoms with van der Waals surface area (Å²) in [6, 6.07) is 13.4. The predicted molar refractivity (Wildman–Crippen MR) is 104 cm³/mol. The number of ether oxygens (including phenoxy) is 2. The zero-order valence-corrected chi connectivity index (χ0v) is 16.0. The van der Waals surface area contributed by atoms with E-state index in [2.05, 4.69) is 26.2 Å². The van der Waals surface area contributed by atoms with E-state index in [1.807, 2.05) is 0 Å². The van der Waals surface area contributed by atoms with Crippen LogP contribution in [0.4, 0.5) is 5.69 Å². The van der Waals surface area contributed by atoms with Crippen molar-refractivity contribution in [2.45, 2.75) is 6.54 Å². The molecule has 0 aliphatic carbocycles. The number of nitrogens with one attached hydrogen (secondary N) is 1. The Labute approximate surface area is 163 Å². The summed E-state index contributed by atoms with van der Waals surface area (Å²) in [5.74, 6) is 1.13. The molecule has 2 aromatic heterocycles. The highest BCUT2D eigenvalue weighted by Gasteiger charge is 2.11. The number of anilines is 1. The molecule has 1 amide bonds. The fourth-order valence-corrected chi connectivity index (χ4v) is 2.67. The lowest BCUT2D eigenvalue weighted by Gasteiger charge is -2.12. The van der Waals surface area contributed by atoms with Gasteiger partial charge in [0.1, 0.15) is 23.7 Å². The summed E-state index contributed by atoms with van der Waals surface area (Å²) in [6.07, 6.45) is 3.12. The van der Waals surface area contributed by atoms with E-state index in [1.54, 1.807) is 62.0 Å². The molecule has 0 bridgehead atoms. The third-order valence-electron chi connectivity index (χ3n) is 3.58. The molecule has 0 aliphatic rings. The van der Waals surface area contributed by atoms with Crippen molar-refractivity contribution in [3.63, 3.8) is 0 Å². The summed E-state index contributed by atoms with van der Waals surface area (Å²) < 4.78 is 12.9. The van der Waals surface area contributed by atoms with E-state index in [9.17, 15) is 9.59 Å². The number of aromatic nitrogens is 2. The number of pyridine rings is 2. The third-order valence-corrected chi connectivity index (χ3v) is 4.05. The lowest BCUT2D eigenvalue weighted by Crippen LogP contribution is -2.26. The molecule has 1 N–H and O–H groups in total. The molecule has 2 heterocycles. The first-order valence-electron chi connectivity index (χ1n) is 7.98. The highest BCUT2D eigenvalue weighted by atomic mass is 79.9. The van der Waals surface area contributed by atoms with Crippen LogP contribution in [-0.4, -0.2) is 22.6 Å². The van der Waals surface area contributed by atoms with E-state index < -0.39 is 0 Å². The number of rotatable bonds is 6. The molecule has 3 aromatic rings. The van der Waals surface area contributed by atoms with Gasteiger partial charge in [-0.3, -0.25) is 9.59 Å². The van der Waals surface area contributed by atoms with Crippen molar-refractivity contribution < 1.29 is 14.3 Å². The summed E-state index contributed by atoms with van der Waals surface area (Å²) >= 11 is 3.28. The first-order valence-corrected chi connectivity index (χ1v) is 8.77. The minimum Gasteiger partial charge on any atom is -0.497 e. The predicted octanol–water partition coefficient (Wildman–Crippen LogP) is 3.45. The van der Waals surface area contributed by atoms with E-state index in [0.717, 1.165) is 0 Å². The van der Waals surface area contributed by atoms with Gasteiger partial charge >= 0.3 is 0 Å². The van der Waals surface area contributed by atoms with Gasteiger partial charge in [0, 0.05) is 22.9 Å². The minimum atomic E-state index is -0.372. The second-order valence-electron chi connectivity index (χ2n) is 5.50. The first-order chi connectivity index (χ1) is 13.0. The maximum Gasteiger partial charge on any atom is 0.251 e. The Balaban J connectivity index is 1.74. The second kappa shape index (κ2) is 8.50. The Morgan fingerprint density at radius 1 is 1.15 bits per heavy atom. The van der Waals surface area contributed by atoms with E-state index in [0.29, 0.717) is 21.7 Å². The third kappa shape index (κ3) is 4.95. The number of benzene rings is 1. The average molecular weight is 430 g/mol. The molecule has 0 spiro atoms. The number of methoxy groups -OCH3 is 1. The SMILES string of the molecule is COc1ccc(Oc2ncccc2NC(=O)Cn2cc(Br)ccc2=O)cc1. The lowest BCUT2D eigenvalue weighted by atomic mass is 10.3. The quantitative estimate of drug-likeness (QED) is 0.648.